The Morgan fingerprint density at radius 3 is 2.95 bits per heavy atom. The molecule has 1 aliphatic rings. The minimum Gasteiger partial charge on any atom is -0.419 e. The Hall–Kier alpha value is -1.72. The fourth-order valence-corrected chi connectivity index (χ4v) is 3.19. The maximum absolute atomic E-state index is 9.56. The molecule has 0 spiro atoms. The molecule has 0 radical (unpaired) electrons. The molecule has 5 heteroatoms. The van der Waals surface area contributed by atoms with Crippen LogP contribution in [-0.4, -0.2) is 38.9 Å². The lowest BCUT2D eigenvalue weighted by Crippen LogP contribution is -2.46. The molecule has 1 aromatic heterocycles. The molecule has 0 aliphatic carbocycles. The van der Waals surface area contributed by atoms with Gasteiger partial charge >= 0.3 is 0 Å². The standard InChI is InChI=1S/C17H23N3O2/c1-12-5-3-7-14(9-12)17-19-18-16(22-17)10-20-13(2)6-4-8-15(20)11-21/h3,5,7,9,13,15,21H,4,6,8,10-11H2,1-2H3. The zero-order valence-corrected chi connectivity index (χ0v) is 13.2. The molecule has 0 saturated carbocycles. The van der Waals surface area contributed by atoms with Gasteiger partial charge in [-0.15, -0.1) is 10.2 Å². The maximum atomic E-state index is 9.56. The number of nitrogens with zero attached hydrogens (tertiary/aromatic N) is 3. The van der Waals surface area contributed by atoms with Crippen LogP contribution in [0.4, 0.5) is 0 Å². The van der Waals surface area contributed by atoms with Crippen LogP contribution in [-0.2, 0) is 6.54 Å². The number of aliphatic hydroxyl groups is 1. The molecule has 1 N–H and O–H groups in total. The summed E-state index contributed by atoms with van der Waals surface area (Å²) in [5, 5.41) is 17.9. The van der Waals surface area contributed by atoms with Crippen LogP contribution in [0.15, 0.2) is 28.7 Å². The fourth-order valence-electron chi connectivity index (χ4n) is 3.19. The predicted molar refractivity (Wildman–Crippen MR) is 84.2 cm³/mol. The summed E-state index contributed by atoms with van der Waals surface area (Å²) in [6, 6.07) is 8.67. The minimum absolute atomic E-state index is 0.184. The van der Waals surface area contributed by atoms with Gasteiger partial charge in [0.25, 0.3) is 0 Å². The number of aliphatic hydroxyl groups excluding tert-OH is 1. The Kier molecular flexibility index (Phi) is 4.55. The number of hydrogen-bond donors (Lipinski definition) is 1. The van der Waals surface area contributed by atoms with Crippen molar-refractivity contribution in [1.29, 1.82) is 0 Å². The van der Waals surface area contributed by atoms with Crippen molar-refractivity contribution in [1.82, 2.24) is 15.1 Å². The van der Waals surface area contributed by atoms with E-state index in [4.69, 9.17) is 4.42 Å². The molecule has 2 heterocycles. The van der Waals surface area contributed by atoms with Crippen LogP contribution >= 0.6 is 0 Å². The molecule has 118 valence electrons. The molecule has 3 rings (SSSR count). The summed E-state index contributed by atoms with van der Waals surface area (Å²) in [4.78, 5) is 2.27. The molecule has 0 bridgehead atoms. The van der Waals surface area contributed by atoms with E-state index in [-0.39, 0.29) is 12.6 Å². The highest BCUT2D eigenvalue weighted by Crippen LogP contribution is 2.25. The lowest BCUT2D eigenvalue weighted by atomic mass is 9.97. The van der Waals surface area contributed by atoms with Crippen LogP contribution in [0.5, 0.6) is 0 Å². The van der Waals surface area contributed by atoms with Crippen molar-refractivity contribution < 1.29 is 9.52 Å². The lowest BCUT2D eigenvalue weighted by molar-refractivity contribution is 0.0386. The Balaban J connectivity index is 1.76. The number of piperidine rings is 1. The molecular formula is C17H23N3O2. The molecule has 1 saturated heterocycles. The van der Waals surface area contributed by atoms with Gasteiger partial charge in [0.1, 0.15) is 0 Å². The van der Waals surface area contributed by atoms with Crippen LogP contribution in [0, 0.1) is 6.92 Å². The number of aryl methyl sites for hydroxylation is 1. The summed E-state index contributed by atoms with van der Waals surface area (Å²) in [7, 11) is 0. The van der Waals surface area contributed by atoms with E-state index in [1.54, 1.807) is 0 Å². The highest BCUT2D eigenvalue weighted by molar-refractivity contribution is 5.53. The van der Waals surface area contributed by atoms with Crippen molar-refractivity contribution in [2.45, 2.75) is 51.7 Å². The number of benzene rings is 1. The number of aromatic nitrogens is 2. The largest absolute Gasteiger partial charge is 0.419 e. The minimum atomic E-state index is 0.184. The van der Waals surface area contributed by atoms with E-state index >= 15 is 0 Å². The Morgan fingerprint density at radius 2 is 2.18 bits per heavy atom. The second kappa shape index (κ2) is 6.58. The van der Waals surface area contributed by atoms with Crippen molar-refractivity contribution in [2.24, 2.45) is 0 Å². The molecule has 22 heavy (non-hydrogen) atoms. The van der Waals surface area contributed by atoms with Gasteiger partial charge in [-0.05, 0) is 38.8 Å². The Labute approximate surface area is 131 Å². The van der Waals surface area contributed by atoms with Crippen molar-refractivity contribution in [3.05, 3.63) is 35.7 Å². The molecule has 1 fully saturated rings. The first-order valence-corrected chi connectivity index (χ1v) is 7.93. The summed E-state index contributed by atoms with van der Waals surface area (Å²) in [5.74, 6) is 1.17. The fraction of sp³-hybridized carbons (Fsp3) is 0.529. The second-order valence-electron chi connectivity index (χ2n) is 6.16. The topological polar surface area (TPSA) is 62.4 Å². The third-order valence-corrected chi connectivity index (χ3v) is 4.45. The third kappa shape index (κ3) is 3.20. The van der Waals surface area contributed by atoms with E-state index in [9.17, 15) is 5.11 Å². The zero-order chi connectivity index (χ0) is 15.5. The van der Waals surface area contributed by atoms with E-state index in [1.807, 2.05) is 31.2 Å². The number of likely N-dealkylation sites (tertiary alicyclic amines) is 1. The Morgan fingerprint density at radius 1 is 1.32 bits per heavy atom. The first-order chi connectivity index (χ1) is 10.7. The molecular weight excluding hydrogens is 278 g/mol. The van der Waals surface area contributed by atoms with Gasteiger partial charge in [-0.1, -0.05) is 24.1 Å². The van der Waals surface area contributed by atoms with Gasteiger partial charge in [-0.3, -0.25) is 4.90 Å². The van der Waals surface area contributed by atoms with Crippen molar-refractivity contribution in [2.75, 3.05) is 6.61 Å². The van der Waals surface area contributed by atoms with Gasteiger partial charge in [0.05, 0.1) is 13.2 Å². The highest BCUT2D eigenvalue weighted by atomic mass is 16.4. The average molecular weight is 301 g/mol. The van der Waals surface area contributed by atoms with E-state index in [0.717, 1.165) is 18.4 Å². The summed E-state index contributed by atoms with van der Waals surface area (Å²) >= 11 is 0. The molecule has 2 unspecified atom stereocenters. The molecule has 1 aromatic carbocycles. The van der Waals surface area contributed by atoms with E-state index < -0.39 is 0 Å². The molecule has 0 amide bonds. The summed E-state index contributed by atoms with van der Waals surface area (Å²) in [6.07, 6.45) is 3.34. The molecule has 1 aliphatic heterocycles. The van der Waals surface area contributed by atoms with Crippen LogP contribution in [0.3, 0.4) is 0 Å². The predicted octanol–water partition coefficient (Wildman–Crippen LogP) is 2.78. The quantitative estimate of drug-likeness (QED) is 0.941. The van der Waals surface area contributed by atoms with E-state index in [0.29, 0.717) is 24.4 Å². The number of rotatable bonds is 4. The average Bonchev–Trinajstić information content (AvgIpc) is 2.98. The van der Waals surface area contributed by atoms with E-state index in [2.05, 4.69) is 22.0 Å². The van der Waals surface area contributed by atoms with Gasteiger partial charge in [-0.25, -0.2) is 0 Å². The van der Waals surface area contributed by atoms with E-state index in [1.165, 1.54) is 12.0 Å². The highest BCUT2D eigenvalue weighted by Gasteiger charge is 2.28. The maximum Gasteiger partial charge on any atom is 0.247 e. The summed E-state index contributed by atoms with van der Waals surface area (Å²) in [6.45, 7) is 5.02. The first kappa shape index (κ1) is 15.2. The first-order valence-electron chi connectivity index (χ1n) is 7.93. The Bertz CT molecular complexity index is 626. The summed E-state index contributed by atoms with van der Waals surface area (Å²) in [5.41, 5.74) is 2.12. The summed E-state index contributed by atoms with van der Waals surface area (Å²) < 4.78 is 5.82. The van der Waals surface area contributed by atoms with Crippen LogP contribution in [0.1, 0.15) is 37.6 Å². The second-order valence-corrected chi connectivity index (χ2v) is 6.16. The number of hydrogen-bond acceptors (Lipinski definition) is 5. The van der Waals surface area contributed by atoms with Crippen molar-refractivity contribution >= 4 is 0 Å². The molecule has 2 aromatic rings. The lowest BCUT2D eigenvalue weighted by Gasteiger charge is -2.38. The smallest absolute Gasteiger partial charge is 0.247 e. The van der Waals surface area contributed by atoms with Gasteiger partial charge in [0, 0.05) is 17.6 Å². The van der Waals surface area contributed by atoms with Crippen molar-refractivity contribution in [3.8, 4) is 11.5 Å². The third-order valence-electron chi connectivity index (χ3n) is 4.45. The van der Waals surface area contributed by atoms with Crippen LogP contribution in [0.25, 0.3) is 11.5 Å². The van der Waals surface area contributed by atoms with Gasteiger partial charge < -0.3 is 9.52 Å². The van der Waals surface area contributed by atoms with Gasteiger partial charge in [0.2, 0.25) is 11.8 Å². The molecule has 5 nitrogen and oxygen atoms in total. The normalized spacial score (nSPS) is 22.9. The SMILES string of the molecule is Cc1cccc(-c2nnc(CN3C(C)CCCC3CO)o2)c1. The van der Waals surface area contributed by atoms with Crippen molar-refractivity contribution in [3.63, 3.8) is 0 Å². The van der Waals surface area contributed by atoms with Crippen LogP contribution < -0.4 is 0 Å². The monoisotopic (exact) mass is 301 g/mol. The van der Waals surface area contributed by atoms with Gasteiger partial charge in [0.15, 0.2) is 0 Å². The van der Waals surface area contributed by atoms with Gasteiger partial charge in [-0.2, -0.15) is 0 Å². The molecule has 2 atom stereocenters. The zero-order valence-electron chi connectivity index (χ0n) is 13.2. The van der Waals surface area contributed by atoms with Crippen LogP contribution in [0.2, 0.25) is 0 Å².